The van der Waals surface area contributed by atoms with Crippen molar-refractivity contribution in [3.63, 3.8) is 0 Å². The molecule has 0 atom stereocenters. The summed E-state index contributed by atoms with van der Waals surface area (Å²) in [6.45, 7) is 0.974. The first-order valence-corrected chi connectivity index (χ1v) is 7.08. The third kappa shape index (κ3) is 3.97. The van der Waals surface area contributed by atoms with Crippen LogP contribution in [0, 0.1) is 17.2 Å². The Kier molecular flexibility index (Phi) is 5.23. The molecule has 0 unspecified atom stereocenters. The van der Waals surface area contributed by atoms with E-state index in [2.05, 4.69) is 23.5 Å². The molecule has 2 rings (SSSR count). The molecule has 19 heavy (non-hydrogen) atoms. The molecule has 1 aromatic carbocycles. The molecule has 1 saturated carbocycles. The van der Waals surface area contributed by atoms with Crippen LogP contribution in [0.25, 0.3) is 0 Å². The highest BCUT2D eigenvalue weighted by Gasteiger charge is 2.20. The van der Waals surface area contributed by atoms with Gasteiger partial charge in [0.1, 0.15) is 5.75 Å². The molecule has 1 aliphatic carbocycles. The summed E-state index contributed by atoms with van der Waals surface area (Å²) < 4.78 is 5.35. The van der Waals surface area contributed by atoms with E-state index >= 15 is 0 Å². The third-order valence-electron chi connectivity index (χ3n) is 3.93. The van der Waals surface area contributed by atoms with Gasteiger partial charge in [-0.1, -0.05) is 18.2 Å². The molecule has 102 valence electrons. The summed E-state index contributed by atoms with van der Waals surface area (Å²) in [5, 5.41) is 12.5. The summed E-state index contributed by atoms with van der Waals surface area (Å²) in [5.41, 5.74) is 1.25. The summed E-state index contributed by atoms with van der Waals surface area (Å²) >= 11 is 0. The number of rotatable bonds is 5. The van der Waals surface area contributed by atoms with E-state index < -0.39 is 0 Å². The minimum absolute atomic E-state index is 0.285. The number of hydrogen-bond acceptors (Lipinski definition) is 3. The lowest BCUT2D eigenvalue weighted by Crippen LogP contribution is -2.34. The number of nitrogens with zero attached hydrogens (tertiary/aromatic N) is 1. The lowest BCUT2D eigenvalue weighted by atomic mass is 9.87. The zero-order chi connectivity index (χ0) is 13.5. The number of benzene rings is 1. The van der Waals surface area contributed by atoms with E-state index in [0.717, 1.165) is 44.4 Å². The third-order valence-corrected chi connectivity index (χ3v) is 3.93. The van der Waals surface area contributed by atoms with Crippen LogP contribution >= 0.6 is 0 Å². The molecular formula is C16H22N2O. The first-order chi connectivity index (χ1) is 9.33. The molecule has 0 saturated heterocycles. The number of ether oxygens (including phenoxy) is 1. The number of nitriles is 1. The molecule has 1 aliphatic rings. The summed E-state index contributed by atoms with van der Waals surface area (Å²) in [6.07, 6.45) is 5.34. The van der Waals surface area contributed by atoms with Gasteiger partial charge in [0.2, 0.25) is 0 Å². The van der Waals surface area contributed by atoms with Crippen molar-refractivity contribution in [2.24, 2.45) is 5.92 Å². The normalized spacial score (nSPS) is 22.7. The van der Waals surface area contributed by atoms with Gasteiger partial charge in [-0.15, -0.1) is 0 Å². The van der Waals surface area contributed by atoms with E-state index in [-0.39, 0.29) is 5.92 Å². The average Bonchev–Trinajstić information content (AvgIpc) is 2.48. The highest BCUT2D eigenvalue weighted by atomic mass is 16.5. The Hall–Kier alpha value is -1.53. The maximum absolute atomic E-state index is 8.88. The van der Waals surface area contributed by atoms with Gasteiger partial charge in [-0.2, -0.15) is 5.26 Å². The van der Waals surface area contributed by atoms with Gasteiger partial charge in [-0.3, -0.25) is 0 Å². The van der Waals surface area contributed by atoms with Crippen LogP contribution in [0.4, 0.5) is 0 Å². The van der Waals surface area contributed by atoms with Gasteiger partial charge in [-0.05, 0) is 50.3 Å². The fraction of sp³-hybridized carbons (Fsp3) is 0.562. The smallest absolute Gasteiger partial charge is 0.122 e. The molecule has 3 heteroatoms. The van der Waals surface area contributed by atoms with Crippen molar-refractivity contribution in [3.05, 3.63) is 29.8 Å². The Morgan fingerprint density at radius 3 is 2.68 bits per heavy atom. The van der Waals surface area contributed by atoms with Crippen LogP contribution in [0.1, 0.15) is 31.2 Å². The second-order valence-electron chi connectivity index (χ2n) is 5.19. The SMILES string of the molecule is COc1ccccc1CCNC1CCC(C#N)CC1. The minimum atomic E-state index is 0.285. The van der Waals surface area contributed by atoms with E-state index in [9.17, 15) is 0 Å². The second kappa shape index (κ2) is 7.16. The van der Waals surface area contributed by atoms with E-state index in [0.29, 0.717) is 6.04 Å². The van der Waals surface area contributed by atoms with E-state index in [4.69, 9.17) is 10.00 Å². The number of nitrogens with one attached hydrogen (secondary N) is 1. The van der Waals surface area contributed by atoms with Gasteiger partial charge in [0.15, 0.2) is 0 Å². The first-order valence-electron chi connectivity index (χ1n) is 7.08. The van der Waals surface area contributed by atoms with Crippen LogP contribution in [-0.2, 0) is 6.42 Å². The first kappa shape index (κ1) is 13.9. The van der Waals surface area contributed by atoms with Crippen LogP contribution in [0.2, 0.25) is 0 Å². The zero-order valence-electron chi connectivity index (χ0n) is 11.6. The van der Waals surface area contributed by atoms with Crippen molar-refractivity contribution in [3.8, 4) is 11.8 Å². The van der Waals surface area contributed by atoms with Crippen molar-refractivity contribution in [1.29, 1.82) is 5.26 Å². The van der Waals surface area contributed by atoms with Gasteiger partial charge in [0.05, 0.1) is 13.2 Å². The number of para-hydroxylation sites is 1. The monoisotopic (exact) mass is 258 g/mol. The van der Waals surface area contributed by atoms with Crippen molar-refractivity contribution in [2.45, 2.75) is 38.1 Å². The van der Waals surface area contributed by atoms with Crippen molar-refractivity contribution < 1.29 is 4.74 Å². The molecule has 0 heterocycles. The number of methoxy groups -OCH3 is 1. The van der Waals surface area contributed by atoms with Gasteiger partial charge < -0.3 is 10.1 Å². The van der Waals surface area contributed by atoms with Crippen LogP contribution in [-0.4, -0.2) is 19.7 Å². The molecule has 1 fully saturated rings. The van der Waals surface area contributed by atoms with Gasteiger partial charge in [0.25, 0.3) is 0 Å². The predicted octanol–water partition coefficient (Wildman–Crippen LogP) is 2.91. The molecule has 1 aromatic rings. The van der Waals surface area contributed by atoms with Crippen molar-refractivity contribution >= 4 is 0 Å². The molecule has 1 N–H and O–H groups in total. The predicted molar refractivity (Wildman–Crippen MR) is 76.1 cm³/mol. The Morgan fingerprint density at radius 1 is 1.26 bits per heavy atom. The van der Waals surface area contributed by atoms with Crippen LogP contribution in [0.5, 0.6) is 5.75 Å². The maximum atomic E-state index is 8.88. The van der Waals surface area contributed by atoms with Crippen LogP contribution < -0.4 is 10.1 Å². The van der Waals surface area contributed by atoms with Gasteiger partial charge >= 0.3 is 0 Å². The van der Waals surface area contributed by atoms with Crippen LogP contribution in [0.3, 0.4) is 0 Å². The minimum Gasteiger partial charge on any atom is -0.496 e. The Bertz CT molecular complexity index is 431. The topological polar surface area (TPSA) is 45.0 Å². The molecule has 0 radical (unpaired) electrons. The Labute approximate surface area is 115 Å². The highest BCUT2D eigenvalue weighted by molar-refractivity contribution is 5.33. The summed E-state index contributed by atoms with van der Waals surface area (Å²) in [7, 11) is 1.72. The average molecular weight is 258 g/mol. The largest absolute Gasteiger partial charge is 0.496 e. The summed E-state index contributed by atoms with van der Waals surface area (Å²) in [6, 6.07) is 11.1. The van der Waals surface area contributed by atoms with E-state index in [1.165, 1.54) is 5.56 Å². The van der Waals surface area contributed by atoms with Crippen LogP contribution in [0.15, 0.2) is 24.3 Å². The van der Waals surface area contributed by atoms with Crippen molar-refractivity contribution in [1.82, 2.24) is 5.32 Å². The Morgan fingerprint density at radius 2 is 2.00 bits per heavy atom. The summed E-state index contributed by atoms with van der Waals surface area (Å²) in [5.74, 6) is 1.25. The second-order valence-corrected chi connectivity index (χ2v) is 5.19. The van der Waals surface area contributed by atoms with E-state index in [1.54, 1.807) is 7.11 Å². The maximum Gasteiger partial charge on any atom is 0.122 e. The van der Waals surface area contributed by atoms with Crippen molar-refractivity contribution in [2.75, 3.05) is 13.7 Å². The lowest BCUT2D eigenvalue weighted by Gasteiger charge is -2.25. The summed E-state index contributed by atoms with van der Waals surface area (Å²) in [4.78, 5) is 0. The molecule has 0 bridgehead atoms. The zero-order valence-corrected chi connectivity index (χ0v) is 11.6. The quantitative estimate of drug-likeness (QED) is 0.883. The standard InChI is InChI=1S/C16H22N2O/c1-19-16-5-3-2-4-14(16)10-11-18-15-8-6-13(12-17)7-9-15/h2-5,13,15,18H,6-11H2,1H3. The lowest BCUT2D eigenvalue weighted by molar-refractivity contribution is 0.333. The molecule has 0 aliphatic heterocycles. The fourth-order valence-corrected chi connectivity index (χ4v) is 2.75. The van der Waals surface area contributed by atoms with E-state index in [1.807, 2.05) is 12.1 Å². The molecular weight excluding hydrogens is 236 g/mol. The molecule has 0 aromatic heterocycles. The Balaban J connectivity index is 1.74. The molecule has 0 amide bonds. The fourth-order valence-electron chi connectivity index (χ4n) is 2.75. The van der Waals surface area contributed by atoms with Gasteiger partial charge in [-0.25, -0.2) is 0 Å². The molecule has 3 nitrogen and oxygen atoms in total. The van der Waals surface area contributed by atoms with Gasteiger partial charge in [0, 0.05) is 12.0 Å². The highest BCUT2D eigenvalue weighted by Crippen LogP contribution is 2.23. The number of hydrogen-bond donors (Lipinski definition) is 1. The molecule has 0 spiro atoms.